The van der Waals surface area contributed by atoms with Crippen LogP contribution in [0.15, 0.2) is 0 Å². The van der Waals surface area contributed by atoms with Crippen molar-refractivity contribution in [3.05, 3.63) is 0 Å². The summed E-state index contributed by atoms with van der Waals surface area (Å²) in [6.45, 7) is 7.56. The van der Waals surface area contributed by atoms with Crippen molar-refractivity contribution in [2.45, 2.75) is 77.9 Å². The summed E-state index contributed by atoms with van der Waals surface area (Å²) >= 11 is 0. The molecule has 10 nitrogen and oxygen atoms in total. The Bertz CT molecular complexity index is 572. The fourth-order valence-corrected chi connectivity index (χ4v) is 2.89. The molecular formula is C20H39N5O5. The summed E-state index contributed by atoms with van der Waals surface area (Å²) in [7, 11) is 0. The van der Waals surface area contributed by atoms with Crippen LogP contribution in [0.4, 0.5) is 0 Å². The molecule has 0 aromatic rings. The monoisotopic (exact) mass is 429 g/mol. The van der Waals surface area contributed by atoms with Gasteiger partial charge in [-0.15, -0.1) is 0 Å². The zero-order chi connectivity index (χ0) is 23.3. The van der Waals surface area contributed by atoms with Crippen molar-refractivity contribution in [3.8, 4) is 0 Å². The van der Waals surface area contributed by atoms with Gasteiger partial charge < -0.3 is 32.5 Å². The quantitative estimate of drug-likeness (QED) is 0.194. The first kappa shape index (κ1) is 27.8. The van der Waals surface area contributed by atoms with Crippen molar-refractivity contribution in [2.75, 3.05) is 13.1 Å². The SMILES string of the molecule is CCC(C)C(NC(=O)CN)C(=O)NC(C(=O)NC(CCCCN)C(=O)O)C(C)CC. The summed E-state index contributed by atoms with van der Waals surface area (Å²) in [5.41, 5.74) is 10.8. The van der Waals surface area contributed by atoms with E-state index in [9.17, 15) is 24.3 Å². The van der Waals surface area contributed by atoms with E-state index in [4.69, 9.17) is 11.5 Å². The number of unbranched alkanes of at least 4 members (excludes halogenated alkanes) is 1. The molecule has 174 valence electrons. The summed E-state index contributed by atoms with van der Waals surface area (Å²) < 4.78 is 0. The molecule has 0 aliphatic carbocycles. The molecule has 0 saturated heterocycles. The smallest absolute Gasteiger partial charge is 0.326 e. The van der Waals surface area contributed by atoms with Crippen molar-refractivity contribution in [3.63, 3.8) is 0 Å². The Kier molecular flexibility index (Phi) is 13.7. The van der Waals surface area contributed by atoms with E-state index in [1.54, 1.807) is 6.92 Å². The third kappa shape index (κ3) is 9.53. The predicted octanol–water partition coefficient (Wildman–Crippen LogP) is -0.295. The molecule has 10 heteroatoms. The molecule has 0 fully saturated rings. The van der Waals surface area contributed by atoms with E-state index < -0.39 is 41.8 Å². The maximum Gasteiger partial charge on any atom is 0.326 e. The summed E-state index contributed by atoms with van der Waals surface area (Å²) in [5, 5.41) is 17.2. The molecule has 3 amide bonds. The van der Waals surface area contributed by atoms with Gasteiger partial charge in [-0.05, 0) is 37.6 Å². The normalized spacial score (nSPS) is 15.9. The first-order valence-corrected chi connectivity index (χ1v) is 10.7. The number of nitrogens with one attached hydrogen (secondary N) is 3. The number of hydrogen-bond acceptors (Lipinski definition) is 6. The maximum atomic E-state index is 12.9. The average Bonchev–Trinajstić information content (AvgIpc) is 2.73. The molecule has 0 aliphatic heterocycles. The molecule has 8 N–H and O–H groups in total. The van der Waals surface area contributed by atoms with E-state index in [2.05, 4.69) is 16.0 Å². The second-order valence-corrected chi connectivity index (χ2v) is 7.69. The van der Waals surface area contributed by atoms with Gasteiger partial charge in [0, 0.05) is 0 Å². The first-order valence-electron chi connectivity index (χ1n) is 10.7. The van der Waals surface area contributed by atoms with Crippen LogP contribution >= 0.6 is 0 Å². The number of carboxylic acid groups (broad SMARTS) is 1. The Morgan fingerprint density at radius 2 is 1.33 bits per heavy atom. The topological polar surface area (TPSA) is 177 Å². The largest absolute Gasteiger partial charge is 0.480 e. The highest BCUT2D eigenvalue weighted by Crippen LogP contribution is 2.13. The minimum atomic E-state index is -1.14. The van der Waals surface area contributed by atoms with E-state index >= 15 is 0 Å². The van der Waals surface area contributed by atoms with Gasteiger partial charge in [-0.25, -0.2) is 4.79 Å². The van der Waals surface area contributed by atoms with Crippen molar-refractivity contribution < 1.29 is 24.3 Å². The number of aliphatic carboxylic acids is 1. The van der Waals surface area contributed by atoms with Gasteiger partial charge in [0.15, 0.2) is 0 Å². The number of hydrogen-bond donors (Lipinski definition) is 6. The van der Waals surface area contributed by atoms with E-state index in [1.807, 2.05) is 20.8 Å². The Hall–Kier alpha value is -2.20. The number of carbonyl (C=O) groups is 4. The molecule has 5 atom stereocenters. The second-order valence-electron chi connectivity index (χ2n) is 7.69. The zero-order valence-electron chi connectivity index (χ0n) is 18.6. The first-order chi connectivity index (χ1) is 14.1. The average molecular weight is 430 g/mol. The number of nitrogens with two attached hydrogens (primary N) is 2. The highest BCUT2D eigenvalue weighted by Gasteiger charge is 2.33. The van der Waals surface area contributed by atoms with Gasteiger partial charge in [0.2, 0.25) is 17.7 Å². The molecule has 30 heavy (non-hydrogen) atoms. The van der Waals surface area contributed by atoms with E-state index in [1.165, 1.54) is 0 Å². The van der Waals surface area contributed by atoms with Crippen LogP contribution in [0.1, 0.15) is 59.8 Å². The van der Waals surface area contributed by atoms with Gasteiger partial charge in [0.25, 0.3) is 0 Å². The maximum absolute atomic E-state index is 12.9. The van der Waals surface area contributed by atoms with Gasteiger partial charge in [-0.1, -0.05) is 40.5 Å². The summed E-state index contributed by atoms with van der Waals surface area (Å²) in [4.78, 5) is 49.0. The second kappa shape index (κ2) is 14.7. The van der Waals surface area contributed by atoms with Crippen molar-refractivity contribution in [2.24, 2.45) is 23.3 Å². The Morgan fingerprint density at radius 1 is 0.833 bits per heavy atom. The van der Waals surface area contributed by atoms with E-state index in [0.29, 0.717) is 32.2 Å². The third-order valence-corrected chi connectivity index (χ3v) is 5.35. The Balaban J connectivity index is 5.40. The van der Waals surface area contributed by atoms with Crippen LogP contribution in [0.25, 0.3) is 0 Å². The number of carboxylic acids is 1. The molecular weight excluding hydrogens is 390 g/mol. The van der Waals surface area contributed by atoms with Crippen LogP contribution in [0, 0.1) is 11.8 Å². The number of rotatable bonds is 15. The standard InChI is InChI=1S/C20H39N5O5/c1-5-12(3)16(24-15(26)11-22)19(28)25-17(13(4)6-2)18(27)23-14(20(29)30)9-7-8-10-21/h12-14,16-17H,5-11,21-22H2,1-4H3,(H,23,27)(H,24,26)(H,25,28)(H,29,30). The summed E-state index contributed by atoms with van der Waals surface area (Å²) in [6.07, 6.45) is 2.69. The van der Waals surface area contributed by atoms with Crippen LogP contribution in [0.3, 0.4) is 0 Å². The fourth-order valence-electron chi connectivity index (χ4n) is 2.89. The molecule has 0 heterocycles. The molecule has 0 aromatic carbocycles. The van der Waals surface area contributed by atoms with Gasteiger partial charge in [0.1, 0.15) is 18.1 Å². The molecule has 0 aromatic heterocycles. The van der Waals surface area contributed by atoms with Crippen molar-refractivity contribution >= 4 is 23.7 Å². The lowest BCUT2D eigenvalue weighted by molar-refractivity contribution is -0.143. The van der Waals surface area contributed by atoms with Gasteiger partial charge in [0.05, 0.1) is 6.54 Å². The van der Waals surface area contributed by atoms with Crippen LogP contribution in [-0.4, -0.2) is 60.0 Å². The molecule has 5 unspecified atom stereocenters. The van der Waals surface area contributed by atoms with Gasteiger partial charge >= 0.3 is 5.97 Å². The van der Waals surface area contributed by atoms with Crippen LogP contribution in [-0.2, 0) is 19.2 Å². The highest BCUT2D eigenvalue weighted by molar-refractivity contribution is 5.93. The molecule has 0 radical (unpaired) electrons. The molecule has 0 spiro atoms. The lowest BCUT2D eigenvalue weighted by atomic mass is 9.94. The minimum absolute atomic E-state index is 0.177. The highest BCUT2D eigenvalue weighted by atomic mass is 16.4. The number of carbonyl (C=O) groups excluding carboxylic acids is 3. The fraction of sp³-hybridized carbons (Fsp3) is 0.800. The van der Waals surface area contributed by atoms with E-state index in [-0.39, 0.29) is 24.8 Å². The van der Waals surface area contributed by atoms with Gasteiger partial charge in [-0.3, -0.25) is 14.4 Å². The van der Waals surface area contributed by atoms with Crippen LogP contribution in [0.2, 0.25) is 0 Å². The predicted molar refractivity (Wildman–Crippen MR) is 114 cm³/mol. The van der Waals surface area contributed by atoms with Crippen LogP contribution < -0.4 is 27.4 Å². The molecule has 0 aliphatic rings. The van der Waals surface area contributed by atoms with Gasteiger partial charge in [-0.2, -0.15) is 0 Å². The van der Waals surface area contributed by atoms with Crippen molar-refractivity contribution in [1.82, 2.24) is 16.0 Å². The molecule has 0 rings (SSSR count). The molecule has 0 bridgehead atoms. The minimum Gasteiger partial charge on any atom is -0.480 e. The Morgan fingerprint density at radius 3 is 1.77 bits per heavy atom. The zero-order valence-corrected chi connectivity index (χ0v) is 18.6. The third-order valence-electron chi connectivity index (χ3n) is 5.35. The van der Waals surface area contributed by atoms with Crippen molar-refractivity contribution in [1.29, 1.82) is 0 Å². The van der Waals surface area contributed by atoms with Crippen LogP contribution in [0.5, 0.6) is 0 Å². The Labute approximate surface area is 178 Å². The summed E-state index contributed by atoms with van der Waals surface area (Å²) in [6, 6.07) is -2.83. The molecule has 0 saturated carbocycles. The van der Waals surface area contributed by atoms with E-state index in [0.717, 1.165) is 0 Å². The summed E-state index contributed by atoms with van der Waals surface area (Å²) in [5.74, 6) is -3.08. The lowest BCUT2D eigenvalue weighted by Gasteiger charge is -2.29. The number of amides is 3. The lowest BCUT2D eigenvalue weighted by Crippen LogP contribution is -2.59.